The third-order valence-electron chi connectivity index (χ3n) is 11.0. The SMILES string of the molecule is C=C(CCCCCCCCCC)CCCCCCCN(C)CCCCCCCC(=C)CC(CCCCCCCC)CCCCCCCC. The van der Waals surface area contributed by atoms with Gasteiger partial charge in [-0.05, 0) is 83.8 Å². The summed E-state index contributed by atoms with van der Waals surface area (Å²) in [7, 11) is 2.34. The molecule has 0 unspecified atom stereocenters. The fourth-order valence-electron chi connectivity index (χ4n) is 7.61. The van der Waals surface area contributed by atoms with Crippen LogP contribution in [-0.2, 0) is 0 Å². The third kappa shape index (κ3) is 36.7. The lowest BCUT2D eigenvalue weighted by molar-refractivity contribution is 0.314. The van der Waals surface area contributed by atoms with E-state index in [9.17, 15) is 0 Å². The molecule has 0 fully saturated rings. The highest BCUT2D eigenvalue weighted by molar-refractivity contribution is 4.96. The molecule has 48 heavy (non-hydrogen) atoms. The molecule has 0 rings (SSSR count). The molecule has 0 bridgehead atoms. The van der Waals surface area contributed by atoms with Crippen molar-refractivity contribution in [2.45, 2.75) is 252 Å². The van der Waals surface area contributed by atoms with E-state index >= 15 is 0 Å². The molecular formula is C47H93N. The van der Waals surface area contributed by atoms with Crippen LogP contribution in [0.15, 0.2) is 24.3 Å². The van der Waals surface area contributed by atoms with Gasteiger partial charge in [-0.3, -0.25) is 0 Å². The zero-order valence-electron chi connectivity index (χ0n) is 34.3. The molecule has 286 valence electrons. The Morgan fingerprint density at radius 3 is 1.04 bits per heavy atom. The molecule has 0 N–H and O–H groups in total. The van der Waals surface area contributed by atoms with Gasteiger partial charge in [0.05, 0.1) is 0 Å². The Hall–Kier alpha value is -0.560. The molecule has 0 aliphatic heterocycles. The van der Waals surface area contributed by atoms with Crippen LogP contribution in [0.2, 0.25) is 0 Å². The van der Waals surface area contributed by atoms with Crippen molar-refractivity contribution in [3.63, 3.8) is 0 Å². The molecule has 1 nitrogen and oxygen atoms in total. The summed E-state index contributed by atoms with van der Waals surface area (Å²) in [6, 6.07) is 0. The van der Waals surface area contributed by atoms with E-state index < -0.39 is 0 Å². The minimum absolute atomic E-state index is 0.903. The maximum atomic E-state index is 4.56. The minimum Gasteiger partial charge on any atom is -0.306 e. The Balaban J connectivity index is 3.75. The average molecular weight is 672 g/mol. The first kappa shape index (κ1) is 47.4. The molecule has 0 spiro atoms. The molecule has 0 aromatic rings. The number of unbranched alkanes of at least 4 members (excludes halogenated alkanes) is 25. The minimum atomic E-state index is 0.903. The Bertz CT molecular complexity index is 633. The van der Waals surface area contributed by atoms with E-state index in [4.69, 9.17) is 0 Å². The average Bonchev–Trinajstić information content (AvgIpc) is 3.07. The van der Waals surface area contributed by atoms with Gasteiger partial charge < -0.3 is 4.90 Å². The number of hydrogen-bond acceptors (Lipinski definition) is 1. The van der Waals surface area contributed by atoms with Crippen molar-refractivity contribution in [3.05, 3.63) is 24.3 Å². The van der Waals surface area contributed by atoms with Crippen LogP contribution in [0.25, 0.3) is 0 Å². The molecular weight excluding hydrogens is 579 g/mol. The van der Waals surface area contributed by atoms with Crippen molar-refractivity contribution < 1.29 is 0 Å². The van der Waals surface area contributed by atoms with Gasteiger partial charge in [-0.25, -0.2) is 0 Å². The standard InChI is InChI=1S/C47H93N/c1-7-10-13-16-19-20-23-30-37-45(4)38-31-24-21-28-35-42-48(6)43-36-29-22-25-32-39-46(5)44-47(40-33-26-17-14-11-8-2)41-34-27-18-15-12-9-3/h47H,4-5,7-44H2,1-3,6H3. The fraction of sp³-hybridized carbons (Fsp3) is 0.915. The normalized spacial score (nSPS) is 11.7. The van der Waals surface area contributed by atoms with E-state index in [1.54, 1.807) is 5.57 Å². The first-order chi connectivity index (χ1) is 23.5. The lowest BCUT2D eigenvalue weighted by atomic mass is 9.87. The highest BCUT2D eigenvalue weighted by Crippen LogP contribution is 2.27. The molecule has 0 atom stereocenters. The first-order valence-electron chi connectivity index (χ1n) is 22.5. The van der Waals surface area contributed by atoms with Crippen LogP contribution >= 0.6 is 0 Å². The van der Waals surface area contributed by atoms with Gasteiger partial charge in [-0.1, -0.05) is 218 Å². The van der Waals surface area contributed by atoms with Gasteiger partial charge in [0.1, 0.15) is 0 Å². The summed E-state index contributed by atoms with van der Waals surface area (Å²) in [5.41, 5.74) is 3.07. The predicted octanol–water partition coefficient (Wildman–Crippen LogP) is 16.8. The fourth-order valence-corrected chi connectivity index (χ4v) is 7.61. The summed E-state index contributed by atoms with van der Waals surface area (Å²) >= 11 is 0. The van der Waals surface area contributed by atoms with Crippen molar-refractivity contribution >= 4 is 0 Å². The smallest absolute Gasteiger partial charge is 0.00218 e. The van der Waals surface area contributed by atoms with E-state index in [1.165, 1.54) is 250 Å². The van der Waals surface area contributed by atoms with E-state index in [1.807, 2.05) is 0 Å². The zero-order valence-corrected chi connectivity index (χ0v) is 34.3. The van der Waals surface area contributed by atoms with Gasteiger partial charge in [-0.2, -0.15) is 0 Å². The summed E-state index contributed by atoms with van der Waals surface area (Å²) < 4.78 is 0. The van der Waals surface area contributed by atoms with E-state index in [0.29, 0.717) is 0 Å². The molecule has 0 saturated carbocycles. The van der Waals surface area contributed by atoms with Crippen LogP contribution in [0.3, 0.4) is 0 Å². The number of rotatable bonds is 41. The molecule has 0 amide bonds. The third-order valence-corrected chi connectivity index (χ3v) is 11.0. The topological polar surface area (TPSA) is 3.24 Å². The molecule has 0 aromatic heterocycles. The Morgan fingerprint density at radius 2 is 0.667 bits per heavy atom. The number of nitrogens with zero attached hydrogens (tertiary/aromatic N) is 1. The van der Waals surface area contributed by atoms with E-state index in [2.05, 4.69) is 45.9 Å². The Morgan fingerprint density at radius 1 is 0.375 bits per heavy atom. The molecule has 0 radical (unpaired) electrons. The zero-order chi connectivity index (χ0) is 35.2. The largest absolute Gasteiger partial charge is 0.306 e. The van der Waals surface area contributed by atoms with Crippen molar-refractivity contribution in [3.8, 4) is 0 Å². The van der Waals surface area contributed by atoms with Gasteiger partial charge in [0.25, 0.3) is 0 Å². The van der Waals surface area contributed by atoms with Crippen LogP contribution in [-0.4, -0.2) is 25.0 Å². The summed E-state index contributed by atoms with van der Waals surface area (Å²) in [5, 5.41) is 0. The van der Waals surface area contributed by atoms with Crippen molar-refractivity contribution in [1.82, 2.24) is 4.90 Å². The van der Waals surface area contributed by atoms with E-state index in [-0.39, 0.29) is 0 Å². The molecule has 1 heteroatoms. The van der Waals surface area contributed by atoms with Crippen LogP contribution in [0.5, 0.6) is 0 Å². The molecule has 0 heterocycles. The number of allylic oxidation sites excluding steroid dienone is 2. The quantitative estimate of drug-likeness (QED) is 0.0462. The lowest BCUT2D eigenvalue weighted by Gasteiger charge is -2.19. The summed E-state index contributed by atoms with van der Waals surface area (Å²) in [6.45, 7) is 18.4. The van der Waals surface area contributed by atoms with Crippen LogP contribution in [0.1, 0.15) is 252 Å². The maximum absolute atomic E-state index is 4.56. The predicted molar refractivity (Wildman–Crippen MR) is 223 cm³/mol. The van der Waals surface area contributed by atoms with Crippen molar-refractivity contribution in [1.29, 1.82) is 0 Å². The first-order valence-corrected chi connectivity index (χ1v) is 22.5. The second kappa shape index (κ2) is 39.2. The lowest BCUT2D eigenvalue weighted by Crippen LogP contribution is -2.20. The second-order valence-corrected chi connectivity index (χ2v) is 16.2. The highest BCUT2D eigenvalue weighted by atomic mass is 15.1. The van der Waals surface area contributed by atoms with Crippen LogP contribution in [0, 0.1) is 5.92 Å². The van der Waals surface area contributed by atoms with Gasteiger partial charge in [0, 0.05) is 0 Å². The summed E-state index contributed by atoms with van der Waals surface area (Å²) in [6.07, 6.45) is 50.3. The van der Waals surface area contributed by atoms with Crippen LogP contribution < -0.4 is 0 Å². The van der Waals surface area contributed by atoms with E-state index in [0.717, 1.165) is 5.92 Å². The Labute approximate surface area is 306 Å². The van der Waals surface area contributed by atoms with Crippen molar-refractivity contribution in [2.24, 2.45) is 5.92 Å². The van der Waals surface area contributed by atoms with Crippen molar-refractivity contribution in [2.75, 3.05) is 20.1 Å². The highest BCUT2D eigenvalue weighted by Gasteiger charge is 2.11. The molecule has 0 saturated heterocycles. The van der Waals surface area contributed by atoms with Gasteiger partial charge in [0.2, 0.25) is 0 Å². The monoisotopic (exact) mass is 672 g/mol. The summed E-state index contributed by atoms with van der Waals surface area (Å²) in [5.74, 6) is 0.903. The van der Waals surface area contributed by atoms with Gasteiger partial charge in [-0.15, -0.1) is 0 Å². The maximum Gasteiger partial charge on any atom is -0.00218 e. The number of hydrogen-bond donors (Lipinski definition) is 0. The van der Waals surface area contributed by atoms with Crippen LogP contribution in [0.4, 0.5) is 0 Å². The van der Waals surface area contributed by atoms with Gasteiger partial charge in [0.15, 0.2) is 0 Å². The molecule has 0 aromatic carbocycles. The van der Waals surface area contributed by atoms with Gasteiger partial charge >= 0.3 is 0 Å². The molecule has 0 aliphatic rings. The molecule has 0 aliphatic carbocycles. The summed E-state index contributed by atoms with van der Waals surface area (Å²) in [4.78, 5) is 2.58. The Kier molecular flexibility index (Phi) is 38.8. The second-order valence-electron chi connectivity index (χ2n) is 16.2.